The number of ether oxygens (including phenoxy) is 2. The van der Waals surface area contributed by atoms with E-state index in [2.05, 4.69) is 10.1 Å². The fourth-order valence-electron chi connectivity index (χ4n) is 4.36. The number of aryl methyl sites for hydroxylation is 2. The largest absolute Gasteiger partial charge is 0.490 e. The number of hydrogen-bond acceptors (Lipinski definition) is 7. The Morgan fingerprint density at radius 1 is 1.18 bits per heavy atom. The van der Waals surface area contributed by atoms with Crippen molar-refractivity contribution in [1.82, 2.24) is 10.1 Å². The van der Waals surface area contributed by atoms with Crippen LogP contribution in [0.1, 0.15) is 29.9 Å². The molecule has 0 saturated carbocycles. The number of hydrogen-bond donors (Lipinski definition) is 1. The lowest BCUT2D eigenvalue weighted by Gasteiger charge is -2.52. The number of carbonyl (C=O) groups excluding carboxylic acids is 1. The average molecular weight is 483 g/mol. The van der Waals surface area contributed by atoms with Gasteiger partial charge in [-0.25, -0.2) is 4.79 Å². The summed E-state index contributed by atoms with van der Waals surface area (Å²) in [6, 6.07) is 5.71. The minimum atomic E-state index is -5.08. The fourth-order valence-corrected chi connectivity index (χ4v) is 4.36. The zero-order valence-electron chi connectivity index (χ0n) is 18.6. The van der Waals surface area contributed by atoms with E-state index in [1.807, 2.05) is 36.9 Å². The molecule has 34 heavy (non-hydrogen) atoms. The number of benzene rings is 1. The number of halogens is 3. The Labute approximate surface area is 193 Å². The van der Waals surface area contributed by atoms with Crippen LogP contribution in [-0.2, 0) is 16.1 Å². The van der Waals surface area contributed by atoms with E-state index in [1.54, 1.807) is 0 Å². The van der Waals surface area contributed by atoms with Gasteiger partial charge in [0.25, 0.3) is 0 Å². The second-order valence-corrected chi connectivity index (χ2v) is 8.59. The summed E-state index contributed by atoms with van der Waals surface area (Å²) >= 11 is 0. The molecule has 0 unspecified atom stereocenters. The highest BCUT2D eigenvalue weighted by Gasteiger charge is 2.53. The van der Waals surface area contributed by atoms with Gasteiger partial charge < -0.3 is 24.0 Å². The maximum Gasteiger partial charge on any atom is 0.490 e. The number of carboxylic acids is 1. The monoisotopic (exact) mass is 483 g/mol. The molecule has 9 nitrogen and oxygen atoms in total. The van der Waals surface area contributed by atoms with Crippen LogP contribution in [0.25, 0.3) is 0 Å². The van der Waals surface area contributed by atoms with Crippen molar-refractivity contribution in [1.29, 1.82) is 0 Å². The van der Waals surface area contributed by atoms with E-state index in [0.717, 1.165) is 67.7 Å². The van der Waals surface area contributed by atoms with Crippen LogP contribution < -0.4 is 14.4 Å². The minimum absolute atomic E-state index is 0.203. The van der Waals surface area contributed by atoms with Crippen molar-refractivity contribution in [3.63, 3.8) is 0 Å². The molecule has 2 fully saturated rings. The third-order valence-corrected chi connectivity index (χ3v) is 6.45. The van der Waals surface area contributed by atoms with E-state index in [9.17, 15) is 18.0 Å². The molecule has 3 aliphatic rings. The summed E-state index contributed by atoms with van der Waals surface area (Å²) in [4.78, 5) is 26.1. The number of anilines is 1. The molecule has 0 radical (unpaired) electrons. The number of aromatic nitrogens is 1. The molecular weight excluding hydrogens is 459 g/mol. The predicted octanol–water partition coefficient (Wildman–Crippen LogP) is 3.28. The molecule has 0 atom stereocenters. The summed E-state index contributed by atoms with van der Waals surface area (Å²) in [5.41, 5.74) is 2.83. The number of carboxylic acid groups (broad SMARTS) is 1. The number of amides is 1. The van der Waals surface area contributed by atoms with E-state index in [1.165, 1.54) is 5.56 Å². The van der Waals surface area contributed by atoms with Crippen molar-refractivity contribution >= 4 is 17.6 Å². The molecular formula is C22H24F3N3O6. The van der Waals surface area contributed by atoms with Crippen molar-refractivity contribution in [3.05, 3.63) is 35.2 Å². The molecule has 1 spiro atoms. The van der Waals surface area contributed by atoms with Crippen LogP contribution in [0, 0.1) is 19.3 Å². The molecule has 2 saturated heterocycles. The van der Waals surface area contributed by atoms with Gasteiger partial charge in [-0.15, -0.1) is 0 Å². The molecule has 1 amide bonds. The molecule has 0 bridgehead atoms. The molecule has 12 heteroatoms. The van der Waals surface area contributed by atoms with Gasteiger partial charge >= 0.3 is 12.1 Å². The molecule has 1 N–H and O–H groups in total. The molecule has 5 rings (SSSR count). The maximum absolute atomic E-state index is 13.0. The summed E-state index contributed by atoms with van der Waals surface area (Å²) in [5, 5.41) is 11.2. The smallest absolute Gasteiger partial charge is 0.475 e. The molecule has 1 aromatic carbocycles. The minimum Gasteiger partial charge on any atom is -0.475 e. The highest BCUT2D eigenvalue weighted by molar-refractivity contribution is 6.04. The van der Waals surface area contributed by atoms with E-state index in [0.29, 0.717) is 0 Å². The lowest BCUT2D eigenvalue weighted by Crippen LogP contribution is -2.64. The van der Waals surface area contributed by atoms with Crippen molar-refractivity contribution in [2.24, 2.45) is 5.41 Å². The van der Waals surface area contributed by atoms with Crippen LogP contribution >= 0.6 is 0 Å². The van der Waals surface area contributed by atoms with Crippen LogP contribution in [0.4, 0.5) is 18.9 Å². The first-order valence-corrected chi connectivity index (χ1v) is 10.7. The van der Waals surface area contributed by atoms with Crippen LogP contribution in [0.5, 0.6) is 11.5 Å². The molecule has 0 aliphatic carbocycles. The molecule has 1 aromatic heterocycles. The number of likely N-dealkylation sites (tertiary alicyclic amines) is 1. The van der Waals surface area contributed by atoms with Crippen LogP contribution in [-0.4, -0.2) is 59.6 Å². The number of piperidine rings is 1. The Morgan fingerprint density at radius 3 is 2.38 bits per heavy atom. The van der Waals surface area contributed by atoms with Gasteiger partial charge in [-0.3, -0.25) is 9.69 Å². The van der Waals surface area contributed by atoms with Crippen molar-refractivity contribution in [2.45, 2.75) is 39.4 Å². The Hall–Kier alpha value is -3.28. The predicted molar refractivity (Wildman–Crippen MR) is 112 cm³/mol. The van der Waals surface area contributed by atoms with Gasteiger partial charge in [0.15, 0.2) is 11.5 Å². The molecule has 184 valence electrons. The number of nitrogens with zero attached hydrogens (tertiary/aromatic N) is 3. The third kappa shape index (κ3) is 4.54. The second kappa shape index (κ2) is 8.82. The average Bonchev–Trinajstić information content (AvgIpc) is 3.39. The summed E-state index contributed by atoms with van der Waals surface area (Å²) in [6.07, 6.45) is -3.29. The lowest BCUT2D eigenvalue weighted by atomic mass is 9.70. The maximum atomic E-state index is 13.0. The van der Waals surface area contributed by atoms with Gasteiger partial charge in [0.05, 0.1) is 11.1 Å². The van der Waals surface area contributed by atoms with Gasteiger partial charge in [0.2, 0.25) is 12.7 Å². The van der Waals surface area contributed by atoms with Gasteiger partial charge in [0, 0.05) is 30.4 Å². The number of carbonyl (C=O) groups is 2. The first-order chi connectivity index (χ1) is 16.0. The second-order valence-electron chi connectivity index (χ2n) is 8.59. The van der Waals surface area contributed by atoms with E-state index in [4.69, 9.17) is 23.9 Å². The number of rotatable bonds is 3. The van der Waals surface area contributed by atoms with Gasteiger partial charge in [-0.1, -0.05) is 5.16 Å². The van der Waals surface area contributed by atoms with Crippen LogP contribution in [0.2, 0.25) is 0 Å². The molecule has 2 aromatic rings. The summed E-state index contributed by atoms with van der Waals surface area (Å²) in [6.45, 7) is 7.66. The molecule has 3 aliphatic heterocycles. The Kier molecular flexibility index (Phi) is 6.19. The van der Waals surface area contributed by atoms with E-state index < -0.39 is 12.1 Å². The zero-order valence-corrected chi connectivity index (χ0v) is 18.6. The Balaban J connectivity index is 0.000000344. The Bertz CT molecular complexity index is 1070. The number of fused-ring (bicyclic) bond motifs is 1. The highest BCUT2D eigenvalue weighted by Crippen LogP contribution is 2.46. The van der Waals surface area contributed by atoms with Crippen LogP contribution in [0.15, 0.2) is 22.7 Å². The van der Waals surface area contributed by atoms with Gasteiger partial charge in [-0.2, -0.15) is 13.2 Å². The number of alkyl halides is 3. The summed E-state index contributed by atoms with van der Waals surface area (Å²) < 4.78 is 47.8. The topological polar surface area (TPSA) is 105 Å². The SMILES string of the molecule is Cc1noc(C)c1CN1CCC2(CC1)CN(c1ccc3c(c1)OCO3)C2=O.O=C(O)C(F)(F)F. The van der Waals surface area contributed by atoms with Gasteiger partial charge in [-0.05, 0) is 51.9 Å². The Morgan fingerprint density at radius 2 is 1.82 bits per heavy atom. The summed E-state index contributed by atoms with van der Waals surface area (Å²) in [5.74, 6) is -0.169. The summed E-state index contributed by atoms with van der Waals surface area (Å²) in [7, 11) is 0. The first kappa shape index (κ1) is 23.9. The molecule has 4 heterocycles. The standard InChI is InChI=1S/C20H23N3O4.C2HF3O2/c1-13-16(14(2)27-21-13)10-22-7-5-20(6-8-22)11-23(19(20)24)15-3-4-17-18(9-15)26-12-25-17;3-2(4,5)1(6)7/h3-4,9H,5-8,10-12H2,1-2H3;(H,6,7). The lowest BCUT2D eigenvalue weighted by molar-refractivity contribution is -0.192. The number of aliphatic carboxylic acids is 1. The first-order valence-electron chi connectivity index (χ1n) is 10.7. The van der Waals surface area contributed by atoms with E-state index >= 15 is 0 Å². The third-order valence-electron chi connectivity index (χ3n) is 6.45. The fraction of sp³-hybridized carbons (Fsp3) is 0.500. The van der Waals surface area contributed by atoms with Crippen molar-refractivity contribution in [3.8, 4) is 11.5 Å². The normalized spacial score (nSPS) is 19.0. The zero-order chi connectivity index (χ0) is 24.7. The van der Waals surface area contributed by atoms with Crippen molar-refractivity contribution < 1.29 is 41.9 Å². The van der Waals surface area contributed by atoms with Crippen molar-refractivity contribution in [2.75, 3.05) is 31.3 Å². The number of β-lactam (4-membered cyclic amide) rings is 1. The quantitative estimate of drug-likeness (QED) is 0.664. The highest BCUT2D eigenvalue weighted by atomic mass is 19.4. The van der Waals surface area contributed by atoms with Gasteiger partial charge in [0.1, 0.15) is 5.76 Å². The van der Waals surface area contributed by atoms with Crippen LogP contribution in [0.3, 0.4) is 0 Å². The van der Waals surface area contributed by atoms with E-state index in [-0.39, 0.29) is 18.1 Å².